The number of carbonyl (C=O) groups is 1. The molecule has 0 radical (unpaired) electrons. The molecule has 3 aromatic rings. The maximum atomic E-state index is 12.7. The van der Waals surface area contributed by atoms with Gasteiger partial charge in [-0.1, -0.05) is 54.1 Å². The van der Waals surface area contributed by atoms with Gasteiger partial charge in [0.1, 0.15) is 10.6 Å². The highest BCUT2D eigenvalue weighted by Crippen LogP contribution is 2.27. The van der Waals surface area contributed by atoms with E-state index in [-0.39, 0.29) is 16.4 Å². The summed E-state index contributed by atoms with van der Waals surface area (Å²) in [4.78, 5) is 12.8. The first-order valence-electron chi connectivity index (χ1n) is 9.37. The lowest BCUT2D eigenvalue weighted by Crippen LogP contribution is -2.13. The summed E-state index contributed by atoms with van der Waals surface area (Å²) in [6, 6.07) is 20.9. The normalized spacial score (nSPS) is 15.2. The maximum Gasteiger partial charge on any atom is 0.339 e. The van der Waals surface area contributed by atoms with Crippen LogP contribution in [0.1, 0.15) is 33.5 Å². The number of ketones is 1. The van der Waals surface area contributed by atoms with E-state index in [9.17, 15) is 13.2 Å². The molecule has 4 rings (SSSR count). The Kier molecular flexibility index (Phi) is 5.07. The first kappa shape index (κ1) is 19.2. The molecule has 0 unspecified atom stereocenters. The molecule has 0 bridgehead atoms. The molecule has 0 saturated heterocycles. The predicted octanol–water partition coefficient (Wildman–Crippen LogP) is 4.98. The molecule has 146 valence electrons. The number of aryl methyl sites for hydroxylation is 2. The summed E-state index contributed by atoms with van der Waals surface area (Å²) < 4.78 is 30.0. The van der Waals surface area contributed by atoms with Gasteiger partial charge >= 0.3 is 10.1 Å². The molecule has 0 amide bonds. The molecule has 0 aromatic heterocycles. The van der Waals surface area contributed by atoms with Gasteiger partial charge in [-0.25, -0.2) is 0 Å². The van der Waals surface area contributed by atoms with Crippen LogP contribution in [0.15, 0.2) is 83.3 Å². The van der Waals surface area contributed by atoms with Gasteiger partial charge in [0.05, 0.1) is 0 Å². The third-order valence-electron chi connectivity index (χ3n) is 4.95. The summed E-state index contributed by atoms with van der Waals surface area (Å²) in [6.45, 7) is 1.89. The van der Waals surface area contributed by atoms with Gasteiger partial charge in [0, 0.05) is 11.1 Å². The molecule has 0 fully saturated rings. The molecular formula is C24H20O4S. The van der Waals surface area contributed by atoms with Crippen molar-refractivity contribution in [3.05, 3.63) is 101 Å². The number of Topliss-reactive ketones (excluding diaryl/α,β-unsaturated/α-hetero) is 1. The highest BCUT2D eigenvalue weighted by molar-refractivity contribution is 7.87. The van der Waals surface area contributed by atoms with Crippen LogP contribution in [0.25, 0.3) is 6.08 Å². The van der Waals surface area contributed by atoms with E-state index >= 15 is 0 Å². The molecule has 4 nitrogen and oxygen atoms in total. The number of hydrogen-bond acceptors (Lipinski definition) is 4. The van der Waals surface area contributed by atoms with Gasteiger partial charge in [0.2, 0.25) is 0 Å². The molecule has 0 aliphatic heterocycles. The van der Waals surface area contributed by atoms with E-state index in [0.717, 1.165) is 34.2 Å². The Bertz CT molecular complexity index is 1190. The number of carbonyl (C=O) groups excluding carboxylic acids is 1. The fourth-order valence-corrected chi connectivity index (χ4v) is 4.28. The third kappa shape index (κ3) is 4.15. The summed E-state index contributed by atoms with van der Waals surface area (Å²) in [6.07, 6.45) is 3.39. The minimum atomic E-state index is -3.88. The summed E-state index contributed by atoms with van der Waals surface area (Å²) in [7, 11) is -3.88. The van der Waals surface area contributed by atoms with Crippen molar-refractivity contribution in [3.63, 3.8) is 0 Å². The Balaban J connectivity index is 1.52. The smallest absolute Gasteiger partial charge is 0.339 e. The second kappa shape index (κ2) is 7.68. The molecule has 0 saturated carbocycles. The SMILES string of the molecule is Cc1ccc(S(=O)(=O)Oc2ccc(/C=C3\CCc4ccccc4C3=O)cc2)cc1. The Morgan fingerprint density at radius 3 is 2.28 bits per heavy atom. The van der Waals surface area contributed by atoms with Crippen LogP contribution in [-0.4, -0.2) is 14.2 Å². The lowest BCUT2D eigenvalue weighted by Gasteiger charge is -2.17. The maximum absolute atomic E-state index is 12.7. The Morgan fingerprint density at radius 2 is 1.55 bits per heavy atom. The fourth-order valence-electron chi connectivity index (χ4n) is 3.35. The van der Waals surface area contributed by atoms with Crippen LogP contribution >= 0.6 is 0 Å². The second-order valence-corrected chi connectivity index (χ2v) is 8.62. The molecule has 1 aliphatic carbocycles. The van der Waals surface area contributed by atoms with Gasteiger partial charge in [-0.05, 0) is 61.2 Å². The Morgan fingerprint density at radius 1 is 0.862 bits per heavy atom. The summed E-state index contributed by atoms with van der Waals surface area (Å²) in [5, 5.41) is 0. The van der Waals surface area contributed by atoms with Crippen LogP contribution < -0.4 is 4.18 Å². The van der Waals surface area contributed by atoms with Crippen LogP contribution in [0, 0.1) is 6.92 Å². The van der Waals surface area contributed by atoms with E-state index in [0.29, 0.717) is 6.42 Å². The zero-order valence-electron chi connectivity index (χ0n) is 16.0. The molecule has 0 N–H and O–H groups in total. The molecule has 5 heteroatoms. The van der Waals surface area contributed by atoms with E-state index in [2.05, 4.69) is 0 Å². The van der Waals surface area contributed by atoms with Crippen molar-refractivity contribution >= 4 is 22.0 Å². The third-order valence-corrected chi connectivity index (χ3v) is 6.22. The first-order valence-corrected chi connectivity index (χ1v) is 10.8. The largest absolute Gasteiger partial charge is 0.379 e. The molecular weight excluding hydrogens is 384 g/mol. The van der Waals surface area contributed by atoms with Crippen LogP contribution in [-0.2, 0) is 16.5 Å². The van der Waals surface area contributed by atoms with Crippen molar-refractivity contribution in [3.8, 4) is 5.75 Å². The Labute approximate surface area is 170 Å². The average Bonchev–Trinajstić information content (AvgIpc) is 2.72. The lowest BCUT2D eigenvalue weighted by atomic mass is 9.86. The number of benzene rings is 3. The van der Waals surface area contributed by atoms with Crippen molar-refractivity contribution in [2.75, 3.05) is 0 Å². The molecule has 0 spiro atoms. The lowest BCUT2D eigenvalue weighted by molar-refractivity contribution is 0.102. The minimum Gasteiger partial charge on any atom is -0.379 e. The van der Waals surface area contributed by atoms with E-state index in [4.69, 9.17) is 4.18 Å². The standard InChI is InChI=1S/C24H20O4S/c1-17-6-14-22(15-7-17)29(26,27)28-21-12-8-18(9-13-21)16-20-11-10-19-4-2-3-5-23(19)24(20)25/h2-9,12-16H,10-11H2,1H3/b20-16+. The summed E-state index contributed by atoms with van der Waals surface area (Å²) in [5.74, 6) is 0.280. The van der Waals surface area contributed by atoms with Crippen molar-refractivity contribution in [2.24, 2.45) is 0 Å². The number of fused-ring (bicyclic) bond motifs is 1. The quantitative estimate of drug-likeness (QED) is 0.455. The molecule has 29 heavy (non-hydrogen) atoms. The molecule has 0 atom stereocenters. The van der Waals surface area contributed by atoms with E-state index in [1.807, 2.05) is 37.3 Å². The first-order chi connectivity index (χ1) is 13.9. The zero-order valence-corrected chi connectivity index (χ0v) is 16.8. The van der Waals surface area contributed by atoms with Gasteiger partial charge in [-0.15, -0.1) is 0 Å². The van der Waals surface area contributed by atoms with Crippen LogP contribution in [0.2, 0.25) is 0 Å². The minimum absolute atomic E-state index is 0.0501. The molecule has 0 heterocycles. The fraction of sp³-hybridized carbons (Fsp3) is 0.125. The average molecular weight is 404 g/mol. The number of rotatable bonds is 4. The zero-order chi connectivity index (χ0) is 20.4. The van der Waals surface area contributed by atoms with Crippen molar-refractivity contribution in [1.29, 1.82) is 0 Å². The number of allylic oxidation sites excluding steroid dienone is 1. The Hall–Kier alpha value is -3.18. The van der Waals surface area contributed by atoms with Crippen LogP contribution in [0.5, 0.6) is 5.75 Å². The van der Waals surface area contributed by atoms with E-state index in [1.165, 1.54) is 12.1 Å². The summed E-state index contributed by atoms with van der Waals surface area (Å²) >= 11 is 0. The van der Waals surface area contributed by atoms with E-state index < -0.39 is 10.1 Å². The molecule has 1 aliphatic rings. The van der Waals surface area contributed by atoms with Gasteiger partial charge in [0.25, 0.3) is 0 Å². The van der Waals surface area contributed by atoms with Crippen LogP contribution in [0.4, 0.5) is 0 Å². The second-order valence-electron chi connectivity index (χ2n) is 7.08. The number of hydrogen-bond donors (Lipinski definition) is 0. The van der Waals surface area contributed by atoms with Gasteiger partial charge in [-0.3, -0.25) is 4.79 Å². The highest BCUT2D eigenvalue weighted by Gasteiger charge is 2.21. The summed E-state index contributed by atoms with van der Waals surface area (Å²) in [5.41, 5.74) is 4.40. The van der Waals surface area contributed by atoms with Gasteiger partial charge in [-0.2, -0.15) is 8.42 Å². The van der Waals surface area contributed by atoms with Gasteiger partial charge in [0.15, 0.2) is 5.78 Å². The highest BCUT2D eigenvalue weighted by atomic mass is 32.2. The van der Waals surface area contributed by atoms with Crippen molar-refractivity contribution in [2.45, 2.75) is 24.7 Å². The van der Waals surface area contributed by atoms with Crippen LogP contribution in [0.3, 0.4) is 0 Å². The predicted molar refractivity (Wildman–Crippen MR) is 113 cm³/mol. The van der Waals surface area contributed by atoms with Crippen molar-refractivity contribution < 1.29 is 17.4 Å². The van der Waals surface area contributed by atoms with Gasteiger partial charge < -0.3 is 4.18 Å². The monoisotopic (exact) mass is 404 g/mol. The molecule has 3 aromatic carbocycles. The topological polar surface area (TPSA) is 60.4 Å². The van der Waals surface area contributed by atoms with Crippen molar-refractivity contribution in [1.82, 2.24) is 0 Å². The van der Waals surface area contributed by atoms with E-state index in [1.54, 1.807) is 36.4 Å².